The summed E-state index contributed by atoms with van der Waals surface area (Å²) >= 11 is 1.78. The molecule has 25 heavy (non-hydrogen) atoms. The Hall–Kier alpha value is -1.43. The van der Waals surface area contributed by atoms with Crippen LogP contribution < -0.4 is 10.1 Å². The van der Waals surface area contributed by atoms with Gasteiger partial charge in [0.2, 0.25) is 0 Å². The van der Waals surface area contributed by atoms with Crippen LogP contribution in [0.5, 0.6) is 5.75 Å². The van der Waals surface area contributed by atoms with Crippen molar-refractivity contribution in [2.24, 2.45) is 0 Å². The van der Waals surface area contributed by atoms with Crippen molar-refractivity contribution in [3.05, 3.63) is 46.4 Å². The van der Waals surface area contributed by atoms with Crippen LogP contribution in [0.15, 0.2) is 35.8 Å². The second-order valence-corrected chi connectivity index (χ2v) is 7.16. The lowest BCUT2D eigenvalue weighted by Crippen LogP contribution is -2.44. The van der Waals surface area contributed by atoms with E-state index in [1.807, 2.05) is 35.8 Å². The number of nitrogens with one attached hydrogen (secondary N) is 1. The SMILES string of the molecule is CCCCOc1ccccc1.Cc1ncsc1CCN1CCNCC1. The van der Waals surface area contributed by atoms with Crippen molar-refractivity contribution in [2.75, 3.05) is 39.3 Å². The van der Waals surface area contributed by atoms with Gasteiger partial charge in [-0.25, -0.2) is 4.98 Å². The predicted octanol–water partition coefficient (Wildman–Crippen LogP) is 3.76. The molecule has 0 bridgehead atoms. The molecular weight excluding hydrogens is 330 g/mol. The Balaban J connectivity index is 0.000000186. The molecule has 5 heteroatoms. The lowest BCUT2D eigenvalue weighted by Gasteiger charge is -2.26. The number of benzene rings is 1. The van der Waals surface area contributed by atoms with Gasteiger partial charge in [0.1, 0.15) is 5.75 Å². The molecule has 1 aromatic heterocycles. The molecule has 0 amide bonds. The number of ether oxygens (including phenoxy) is 1. The van der Waals surface area contributed by atoms with E-state index in [0.717, 1.165) is 38.3 Å². The molecule has 2 heterocycles. The Bertz CT molecular complexity index is 567. The van der Waals surface area contributed by atoms with Crippen LogP contribution in [0.1, 0.15) is 30.3 Å². The minimum atomic E-state index is 0.834. The molecule has 1 aliphatic rings. The van der Waals surface area contributed by atoms with E-state index in [9.17, 15) is 0 Å². The van der Waals surface area contributed by atoms with Gasteiger partial charge >= 0.3 is 0 Å². The van der Waals surface area contributed by atoms with E-state index in [2.05, 4.69) is 29.0 Å². The van der Waals surface area contributed by atoms with Crippen molar-refractivity contribution in [3.63, 3.8) is 0 Å². The van der Waals surface area contributed by atoms with E-state index in [-0.39, 0.29) is 0 Å². The Morgan fingerprint density at radius 1 is 1.20 bits per heavy atom. The molecular formula is C20H31N3OS. The molecule has 1 N–H and O–H groups in total. The molecule has 0 spiro atoms. The van der Waals surface area contributed by atoms with Crippen molar-refractivity contribution < 1.29 is 4.74 Å². The fraction of sp³-hybridized carbons (Fsp3) is 0.550. The zero-order valence-corrected chi connectivity index (χ0v) is 16.4. The fourth-order valence-electron chi connectivity index (χ4n) is 2.61. The van der Waals surface area contributed by atoms with E-state index in [1.54, 1.807) is 11.3 Å². The summed E-state index contributed by atoms with van der Waals surface area (Å²) in [5.74, 6) is 0.973. The molecule has 0 saturated carbocycles. The molecule has 0 radical (unpaired) electrons. The molecule has 138 valence electrons. The first-order valence-electron chi connectivity index (χ1n) is 9.29. The number of piperazine rings is 1. The maximum Gasteiger partial charge on any atom is 0.119 e. The topological polar surface area (TPSA) is 37.4 Å². The number of rotatable bonds is 7. The zero-order chi connectivity index (χ0) is 17.7. The van der Waals surface area contributed by atoms with Crippen molar-refractivity contribution in [1.82, 2.24) is 15.2 Å². The van der Waals surface area contributed by atoms with Crippen LogP contribution in [0.4, 0.5) is 0 Å². The van der Waals surface area contributed by atoms with E-state index in [4.69, 9.17) is 4.74 Å². The Morgan fingerprint density at radius 2 is 1.96 bits per heavy atom. The van der Waals surface area contributed by atoms with Crippen LogP contribution in [0.3, 0.4) is 0 Å². The van der Waals surface area contributed by atoms with Crippen LogP contribution >= 0.6 is 11.3 Å². The molecule has 0 aliphatic carbocycles. The maximum atomic E-state index is 5.45. The highest BCUT2D eigenvalue weighted by Crippen LogP contribution is 2.13. The van der Waals surface area contributed by atoms with Gasteiger partial charge in [0.05, 0.1) is 17.8 Å². The average Bonchev–Trinajstić information content (AvgIpc) is 3.07. The number of thiazole rings is 1. The third-order valence-electron chi connectivity index (χ3n) is 4.22. The number of hydrogen-bond donors (Lipinski definition) is 1. The summed E-state index contributed by atoms with van der Waals surface area (Å²) in [4.78, 5) is 8.24. The van der Waals surface area contributed by atoms with E-state index in [1.165, 1.54) is 36.6 Å². The third-order valence-corrected chi connectivity index (χ3v) is 5.21. The van der Waals surface area contributed by atoms with Gasteiger partial charge in [-0.1, -0.05) is 31.5 Å². The first kappa shape index (κ1) is 19.9. The number of aryl methyl sites for hydroxylation is 1. The van der Waals surface area contributed by atoms with Crippen LogP contribution in [0, 0.1) is 6.92 Å². The molecule has 0 atom stereocenters. The van der Waals surface area contributed by atoms with Gasteiger partial charge in [-0.3, -0.25) is 0 Å². The van der Waals surface area contributed by atoms with E-state index < -0.39 is 0 Å². The summed E-state index contributed by atoms with van der Waals surface area (Å²) in [7, 11) is 0. The fourth-order valence-corrected chi connectivity index (χ4v) is 3.38. The van der Waals surface area contributed by atoms with E-state index >= 15 is 0 Å². The maximum absolute atomic E-state index is 5.45. The van der Waals surface area contributed by atoms with Crippen molar-refractivity contribution in [3.8, 4) is 5.75 Å². The van der Waals surface area contributed by atoms with Gasteiger partial charge in [0.25, 0.3) is 0 Å². The van der Waals surface area contributed by atoms with Gasteiger partial charge in [-0.2, -0.15) is 0 Å². The number of para-hydroxylation sites is 1. The normalized spacial score (nSPS) is 14.6. The first-order chi connectivity index (χ1) is 12.3. The summed E-state index contributed by atoms with van der Waals surface area (Å²) < 4.78 is 5.45. The third kappa shape index (κ3) is 7.99. The van der Waals surface area contributed by atoms with E-state index in [0.29, 0.717) is 0 Å². The quantitative estimate of drug-likeness (QED) is 0.762. The first-order valence-corrected chi connectivity index (χ1v) is 10.2. The average molecular weight is 362 g/mol. The Morgan fingerprint density at radius 3 is 2.60 bits per heavy atom. The lowest BCUT2D eigenvalue weighted by atomic mass is 10.2. The minimum absolute atomic E-state index is 0.834. The summed E-state index contributed by atoms with van der Waals surface area (Å²) in [5, 5.41) is 3.37. The monoisotopic (exact) mass is 361 g/mol. The standard InChI is InChI=1S/C10H17N3S.C10H14O/c1-9-10(14-8-12-9)2-5-13-6-3-11-4-7-13;1-2-3-9-11-10-7-5-4-6-8-10/h8,11H,2-7H2,1H3;4-8H,2-3,9H2,1H3. The second kappa shape index (κ2) is 12.0. The molecule has 2 aromatic rings. The van der Waals surface area contributed by atoms with Gasteiger partial charge in [-0.05, 0) is 31.9 Å². The largest absolute Gasteiger partial charge is 0.494 e. The molecule has 4 nitrogen and oxygen atoms in total. The minimum Gasteiger partial charge on any atom is -0.494 e. The summed E-state index contributed by atoms with van der Waals surface area (Å²) in [6, 6.07) is 9.93. The van der Waals surface area contributed by atoms with Crippen LogP contribution in [0.2, 0.25) is 0 Å². The Labute approximate surface area is 156 Å². The Kier molecular flexibility index (Phi) is 9.55. The van der Waals surface area contributed by atoms with Gasteiger partial charge in [0, 0.05) is 37.6 Å². The van der Waals surface area contributed by atoms with Crippen LogP contribution in [0.25, 0.3) is 0 Å². The van der Waals surface area contributed by atoms with Crippen molar-refractivity contribution in [1.29, 1.82) is 0 Å². The molecule has 1 saturated heterocycles. The molecule has 3 rings (SSSR count). The van der Waals surface area contributed by atoms with Crippen molar-refractivity contribution >= 4 is 11.3 Å². The summed E-state index contributed by atoms with van der Waals surface area (Å²) in [6.45, 7) is 10.9. The van der Waals surface area contributed by atoms with Crippen molar-refractivity contribution in [2.45, 2.75) is 33.1 Å². The highest BCUT2D eigenvalue weighted by atomic mass is 32.1. The summed E-state index contributed by atoms with van der Waals surface area (Å²) in [5.41, 5.74) is 3.16. The summed E-state index contributed by atoms with van der Waals surface area (Å²) in [6.07, 6.45) is 3.48. The molecule has 1 aliphatic heterocycles. The highest BCUT2D eigenvalue weighted by Gasteiger charge is 2.10. The molecule has 1 fully saturated rings. The van der Waals surface area contributed by atoms with Gasteiger partial charge < -0.3 is 15.0 Å². The van der Waals surface area contributed by atoms with Gasteiger partial charge in [0.15, 0.2) is 0 Å². The molecule has 1 aromatic carbocycles. The molecule has 0 unspecified atom stereocenters. The number of unbranched alkanes of at least 4 members (excludes halogenated alkanes) is 1. The smallest absolute Gasteiger partial charge is 0.119 e. The van der Waals surface area contributed by atoms with Crippen LogP contribution in [-0.4, -0.2) is 49.2 Å². The number of aromatic nitrogens is 1. The van der Waals surface area contributed by atoms with Gasteiger partial charge in [-0.15, -0.1) is 11.3 Å². The number of hydrogen-bond acceptors (Lipinski definition) is 5. The highest BCUT2D eigenvalue weighted by molar-refractivity contribution is 7.09. The predicted molar refractivity (Wildman–Crippen MR) is 107 cm³/mol. The number of nitrogens with zero attached hydrogens (tertiary/aromatic N) is 2. The zero-order valence-electron chi connectivity index (χ0n) is 15.5. The lowest BCUT2D eigenvalue weighted by molar-refractivity contribution is 0.244. The second-order valence-electron chi connectivity index (χ2n) is 6.22. The van der Waals surface area contributed by atoms with Crippen LogP contribution in [-0.2, 0) is 6.42 Å².